The summed E-state index contributed by atoms with van der Waals surface area (Å²) in [4.78, 5) is 16.6. The lowest BCUT2D eigenvalue weighted by Gasteiger charge is -2.28. The fourth-order valence-corrected chi connectivity index (χ4v) is 3.08. The Morgan fingerprint density at radius 2 is 1.96 bits per heavy atom. The van der Waals surface area contributed by atoms with Gasteiger partial charge >= 0.3 is 0 Å². The summed E-state index contributed by atoms with van der Waals surface area (Å²) in [5.41, 5.74) is 0.682. The predicted octanol–water partition coefficient (Wildman–Crippen LogP) is 3.02. The van der Waals surface area contributed by atoms with E-state index in [1.165, 1.54) is 18.6 Å². The van der Waals surface area contributed by atoms with Crippen LogP contribution < -0.4 is 5.32 Å². The molecule has 0 bridgehead atoms. The zero-order chi connectivity index (χ0) is 16.4. The van der Waals surface area contributed by atoms with Crippen LogP contribution in [0.3, 0.4) is 0 Å². The van der Waals surface area contributed by atoms with E-state index < -0.39 is 0 Å². The maximum Gasteiger partial charge on any atom is 0.291 e. The van der Waals surface area contributed by atoms with Gasteiger partial charge in [0.05, 0.1) is 5.69 Å². The number of carbonyl (C=O) groups excluding carboxylic acids is 1. The van der Waals surface area contributed by atoms with Gasteiger partial charge in [-0.05, 0) is 49.9 Å². The van der Waals surface area contributed by atoms with E-state index in [1.807, 2.05) is 0 Å². The van der Waals surface area contributed by atoms with Crippen molar-refractivity contribution in [3.05, 3.63) is 41.7 Å². The van der Waals surface area contributed by atoms with E-state index in [0.717, 1.165) is 19.3 Å². The van der Waals surface area contributed by atoms with Crippen molar-refractivity contribution >= 4 is 5.91 Å². The Balaban J connectivity index is 1.77. The third-order valence-corrected chi connectivity index (χ3v) is 4.47. The maximum absolute atomic E-state index is 13.0. The summed E-state index contributed by atoms with van der Waals surface area (Å²) in [5, 5.41) is 7.32. The third-order valence-electron chi connectivity index (χ3n) is 4.47. The Labute approximate surface area is 134 Å². The largest absolute Gasteiger partial charge is 0.346 e. The van der Waals surface area contributed by atoms with Gasteiger partial charge in [-0.2, -0.15) is 0 Å². The molecule has 1 aliphatic carbocycles. The highest BCUT2D eigenvalue weighted by atomic mass is 19.1. The lowest BCUT2D eigenvalue weighted by atomic mass is 9.86. The minimum atomic E-state index is -0.309. The predicted molar refractivity (Wildman–Crippen MR) is 84.9 cm³/mol. The van der Waals surface area contributed by atoms with Gasteiger partial charge in [0.1, 0.15) is 11.6 Å². The van der Waals surface area contributed by atoms with Gasteiger partial charge in [0.15, 0.2) is 0 Å². The molecule has 0 radical (unpaired) electrons. The van der Waals surface area contributed by atoms with E-state index in [1.54, 1.807) is 23.7 Å². The number of hydrogen-bond acceptors (Lipinski definition) is 3. The molecule has 23 heavy (non-hydrogen) atoms. The number of benzene rings is 1. The minimum Gasteiger partial charge on any atom is -0.346 e. The molecule has 6 heteroatoms. The van der Waals surface area contributed by atoms with Crippen LogP contribution in [0.25, 0.3) is 5.69 Å². The van der Waals surface area contributed by atoms with Crippen LogP contribution >= 0.6 is 0 Å². The highest BCUT2D eigenvalue weighted by molar-refractivity contribution is 5.90. The van der Waals surface area contributed by atoms with Crippen molar-refractivity contribution < 1.29 is 9.18 Å². The van der Waals surface area contributed by atoms with Crippen LogP contribution in [0.15, 0.2) is 24.3 Å². The van der Waals surface area contributed by atoms with E-state index in [-0.39, 0.29) is 23.6 Å². The molecule has 5 nitrogen and oxygen atoms in total. The van der Waals surface area contributed by atoms with Crippen LogP contribution in [0.2, 0.25) is 0 Å². The van der Waals surface area contributed by atoms with Crippen molar-refractivity contribution in [1.29, 1.82) is 0 Å². The molecular formula is C17H21FN4O. The first-order valence-corrected chi connectivity index (χ1v) is 8.05. The maximum atomic E-state index is 13.0. The standard InChI is InChI=1S/C17H21FN4O/c1-11-5-3-4-6-15(11)20-17(23)16-19-12(2)22(21-16)14-9-7-13(18)8-10-14/h7-11,15H,3-6H2,1-2H3,(H,20,23). The molecular weight excluding hydrogens is 295 g/mol. The van der Waals surface area contributed by atoms with Gasteiger partial charge in [0, 0.05) is 6.04 Å². The van der Waals surface area contributed by atoms with Crippen LogP contribution in [0.5, 0.6) is 0 Å². The number of nitrogens with zero attached hydrogens (tertiary/aromatic N) is 3. The summed E-state index contributed by atoms with van der Waals surface area (Å²) in [7, 11) is 0. The van der Waals surface area contributed by atoms with Crippen LogP contribution in [0, 0.1) is 18.7 Å². The Kier molecular flexibility index (Phi) is 4.41. The van der Waals surface area contributed by atoms with Gasteiger partial charge in [-0.25, -0.2) is 14.1 Å². The van der Waals surface area contributed by atoms with Crippen molar-refractivity contribution in [3.63, 3.8) is 0 Å². The highest BCUT2D eigenvalue weighted by Gasteiger charge is 2.25. The molecule has 2 unspecified atom stereocenters. The fraction of sp³-hybridized carbons (Fsp3) is 0.471. The lowest BCUT2D eigenvalue weighted by molar-refractivity contribution is 0.0899. The Morgan fingerprint density at radius 3 is 2.65 bits per heavy atom. The Hall–Kier alpha value is -2.24. The second-order valence-corrected chi connectivity index (χ2v) is 6.21. The number of halogens is 1. The number of hydrogen-bond donors (Lipinski definition) is 1. The molecule has 0 spiro atoms. The van der Waals surface area contributed by atoms with Gasteiger partial charge in [-0.1, -0.05) is 19.8 Å². The summed E-state index contributed by atoms with van der Waals surface area (Å²) < 4.78 is 14.6. The van der Waals surface area contributed by atoms with E-state index in [4.69, 9.17) is 0 Å². The van der Waals surface area contributed by atoms with Crippen LogP contribution in [0.4, 0.5) is 4.39 Å². The number of amides is 1. The Morgan fingerprint density at radius 1 is 1.26 bits per heavy atom. The van der Waals surface area contributed by atoms with Crippen molar-refractivity contribution in [2.45, 2.75) is 45.6 Å². The van der Waals surface area contributed by atoms with Crippen molar-refractivity contribution in [2.75, 3.05) is 0 Å². The third kappa shape index (κ3) is 3.41. The molecule has 0 aliphatic heterocycles. The quantitative estimate of drug-likeness (QED) is 0.947. The molecule has 1 aliphatic rings. The van der Waals surface area contributed by atoms with Crippen molar-refractivity contribution in [1.82, 2.24) is 20.1 Å². The van der Waals surface area contributed by atoms with E-state index in [9.17, 15) is 9.18 Å². The number of nitrogens with one attached hydrogen (secondary N) is 1. The average Bonchev–Trinajstić information content (AvgIpc) is 2.92. The van der Waals surface area contributed by atoms with E-state index in [2.05, 4.69) is 22.3 Å². The zero-order valence-corrected chi connectivity index (χ0v) is 13.4. The summed E-state index contributed by atoms with van der Waals surface area (Å²) >= 11 is 0. The monoisotopic (exact) mass is 316 g/mol. The molecule has 2 aromatic rings. The average molecular weight is 316 g/mol. The van der Waals surface area contributed by atoms with Gasteiger partial charge < -0.3 is 5.32 Å². The number of aromatic nitrogens is 3. The zero-order valence-electron chi connectivity index (χ0n) is 13.4. The smallest absolute Gasteiger partial charge is 0.291 e. The molecule has 2 atom stereocenters. The SMILES string of the molecule is Cc1nc(C(=O)NC2CCCCC2C)nn1-c1ccc(F)cc1. The molecule has 1 amide bonds. The molecule has 1 aromatic heterocycles. The van der Waals surface area contributed by atoms with Gasteiger partial charge in [0.25, 0.3) is 5.91 Å². The van der Waals surface area contributed by atoms with Crippen molar-refractivity contribution in [2.24, 2.45) is 5.92 Å². The van der Waals surface area contributed by atoms with Gasteiger partial charge in [0.2, 0.25) is 5.82 Å². The number of aryl methyl sites for hydroxylation is 1. The summed E-state index contributed by atoms with van der Waals surface area (Å²) in [6.07, 6.45) is 4.52. The minimum absolute atomic E-state index is 0.157. The topological polar surface area (TPSA) is 59.8 Å². The highest BCUT2D eigenvalue weighted by Crippen LogP contribution is 2.23. The lowest BCUT2D eigenvalue weighted by Crippen LogP contribution is -2.41. The van der Waals surface area contributed by atoms with E-state index in [0.29, 0.717) is 17.4 Å². The number of rotatable bonds is 3. The second kappa shape index (κ2) is 6.48. The molecule has 0 saturated heterocycles. The van der Waals surface area contributed by atoms with Gasteiger partial charge in [-0.15, -0.1) is 5.10 Å². The summed E-state index contributed by atoms with van der Waals surface area (Å²) in [6.45, 7) is 3.94. The van der Waals surface area contributed by atoms with Crippen LogP contribution in [0.1, 0.15) is 49.1 Å². The summed E-state index contributed by atoms with van der Waals surface area (Å²) in [6, 6.07) is 6.14. The van der Waals surface area contributed by atoms with Crippen molar-refractivity contribution in [3.8, 4) is 5.69 Å². The van der Waals surface area contributed by atoms with Crippen LogP contribution in [-0.2, 0) is 0 Å². The fourth-order valence-electron chi connectivity index (χ4n) is 3.08. The first-order valence-electron chi connectivity index (χ1n) is 8.05. The Bertz CT molecular complexity index is 695. The normalized spacial score (nSPS) is 21.2. The number of carbonyl (C=O) groups is 1. The second-order valence-electron chi connectivity index (χ2n) is 6.21. The van der Waals surface area contributed by atoms with Gasteiger partial charge in [-0.3, -0.25) is 4.79 Å². The molecule has 1 N–H and O–H groups in total. The molecule has 1 aromatic carbocycles. The summed E-state index contributed by atoms with van der Waals surface area (Å²) in [5.74, 6) is 0.680. The molecule has 122 valence electrons. The molecule has 1 heterocycles. The first kappa shape index (κ1) is 15.6. The first-order chi connectivity index (χ1) is 11.0. The molecule has 1 saturated carbocycles. The molecule has 3 rings (SSSR count). The van der Waals surface area contributed by atoms with Crippen LogP contribution in [-0.4, -0.2) is 26.7 Å². The van der Waals surface area contributed by atoms with E-state index >= 15 is 0 Å². The molecule has 1 fully saturated rings.